The summed E-state index contributed by atoms with van der Waals surface area (Å²) in [5.41, 5.74) is 0.554. The van der Waals surface area contributed by atoms with Crippen LogP contribution >= 0.6 is 0 Å². The monoisotopic (exact) mass is 257 g/mol. The summed E-state index contributed by atoms with van der Waals surface area (Å²) in [5, 5.41) is 3.14. The molecule has 0 aliphatic heterocycles. The molecule has 0 amide bonds. The molecule has 0 aliphatic rings. The van der Waals surface area contributed by atoms with E-state index in [-0.39, 0.29) is 5.03 Å². The van der Waals surface area contributed by atoms with Crippen molar-refractivity contribution in [2.75, 3.05) is 18.4 Å². The fourth-order valence-corrected chi connectivity index (χ4v) is 2.54. The van der Waals surface area contributed by atoms with Crippen molar-refractivity contribution in [3.63, 3.8) is 0 Å². The largest absolute Gasteiger partial charge is 0.383 e. The van der Waals surface area contributed by atoms with Crippen molar-refractivity contribution in [3.05, 3.63) is 18.3 Å². The number of anilines is 1. The van der Waals surface area contributed by atoms with Gasteiger partial charge in [0.15, 0.2) is 5.03 Å². The van der Waals surface area contributed by atoms with Gasteiger partial charge in [0.2, 0.25) is 0 Å². The maximum atomic E-state index is 12.0. The Morgan fingerprint density at radius 1 is 1.24 bits per heavy atom. The second-order valence-corrected chi connectivity index (χ2v) is 5.36. The van der Waals surface area contributed by atoms with Crippen molar-refractivity contribution in [2.24, 2.45) is 0 Å². The molecule has 0 saturated carbocycles. The topological polar surface area (TPSA) is 71.1 Å². The first-order valence-corrected chi connectivity index (χ1v) is 7.28. The molecule has 0 atom stereocenters. The van der Waals surface area contributed by atoms with Gasteiger partial charge in [-0.05, 0) is 25.0 Å². The molecular weight excluding hydrogens is 238 g/mol. The van der Waals surface area contributed by atoms with E-state index in [0.29, 0.717) is 12.2 Å². The normalized spacial score (nSPS) is 11.4. The fourth-order valence-electron chi connectivity index (χ4n) is 1.30. The van der Waals surface area contributed by atoms with E-state index >= 15 is 0 Å². The molecule has 0 bridgehead atoms. The van der Waals surface area contributed by atoms with Crippen LogP contribution in [0.15, 0.2) is 23.4 Å². The molecule has 96 valence electrons. The standard InChI is InChI=1S/C11H19N3O2S/c1-3-7-12-10-6-5-9-13-11(10)17(15,16)14-8-4-2/h5-6,9,12,14H,3-4,7-8H2,1-2H3. The third-order valence-electron chi connectivity index (χ3n) is 2.13. The number of aromatic nitrogens is 1. The Labute approximate surface area is 103 Å². The molecule has 0 unspecified atom stereocenters. The zero-order chi connectivity index (χ0) is 12.7. The zero-order valence-corrected chi connectivity index (χ0v) is 11.0. The molecular formula is C11H19N3O2S. The third-order valence-corrected chi connectivity index (χ3v) is 3.55. The Hall–Kier alpha value is -1.14. The minimum atomic E-state index is -3.51. The summed E-state index contributed by atoms with van der Waals surface area (Å²) >= 11 is 0. The molecule has 0 fully saturated rings. The summed E-state index contributed by atoms with van der Waals surface area (Å²) in [5.74, 6) is 0. The summed E-state index contributed by atoms with van der Waals surface area (Å²) in [6.07, 6.45) is 3.16. The van der Waals surface area contributed by atoms with E-state index in [1.807, 2.05) is 13.8 Å². The average Bonchev–Trinajstić information content (AvgIpc) is 2.34. The maximum Gasteiger partial charge on any atom is 0.260 e. The number of rotatable bonds is 7. The highest BCUT2D eigenvalue weighted by Gasteiger charge is 2.18. The maximum absolute atomic E-state index is 12.0. The van der Waals surface area contributed by atoms with E-state index < -0.39 is 10.0 Å². The van der Waals surface area contributed by atoms with Crippen molar-refractivity contribution in [1.29, 1.82) is 0 Å². The van der Waals surface area contributed by atoms with Gasteiger partial charge in [-0.25, -0.2) is 18.1 Å². The Kier molecular flexibility index (Phi) is 5.37. The van der Waals surface area contributed by atoms with Crippen LogP contribution in [0.5, 0.6) is 0 Å². The smallest absolute Gasteiger partial charge is 0.260 e. The van der Waals surface area contributed by atoms with Gasteiger partial charge in [0.1, 0.15) is 0 Å². The van der Waals surface area contributed by atoms with Crippen LogP contribution in [0, 0.1) is 0 Å². The number of hydrogen-bond donors (Lipinski definition) is 2. The second-order valence-electron chi connectivity index (χ2n) is 3.68. The van der Waals surface area contributed by atoms with E-state index in [0.717, 1.165) is 19.4 Å². The highest BCUT2D eigenvalue weighted by molar-refractivity contribution is 7.89. The van der Waals surface area contributed by atoms with Gasteiger partial charge in [0.05, 0.1) is 5.69 Å². The molecule has 1 rings (SSSR count). The summed E-state index contributed by atoms with van der Waals surface area (Å²) in [4.78, 5) is 3.94. The minimum Gasteiger partial charge on any atom is -0.383 e. The van der Waals surface area contributed by atoms with Gasteiger partial charge >= 0.3 is 0 Å². The summed E-state index contributed by atoms with van der Waals surface area (Å²) in [6, 6.07) is 3.44. The second kappa shape index (κ2) is 6.56. The van der Waals surface area contributed by atoms with Gasteiger partial charge in [-0.1, -0.05) is 13.8 Å². The van der Waals surface area contributed by atoms with Crippen LogP contribution in [-0.2, 0) is 10.0 Å². The lowest BCUT2D eigenvalue weighted by Gasteiger charge is -2.11. The van der Waals surface area contributed by atoms with Crippen LogP contribution < -0.4 is 10.0 Å². The summed E-state index contributed by atoms with van der Waals surface area (Å²) in [6.45, 7) is 5.08. The van der Waals surface area contributed by atoms with Gasteiger partial charge < -0.3 is 5.32 Å². The molecule has 1 heterocycles. The third kappa shape index (κ3) is 3.98. The lowest BCUT2D eigenvalue weighted by Crippen LogP contribution is -2.26. The number of pyridine rings is 1. The van der Waals surface area contributed by atoms with Gasteiger partial charge in [-0.15, -0.1) is 0 Å². The number of hydrogen-bond acceptors (Lipinski definition) is 4. The summed E-state index contributed by atoms with van der Waals surface area (Å²) < 4.78 is 26.4. The molecule has 1 aromatic heterocycles. The van der Waals surface area contributed by atoms with Crippen LogP contribution in [0.3, 0.4) is 0 Å². The predicted octanol–water partition coefficient (Wildman–Crippen LogP) is 1.59. The first kappa shape index (κ1) is 13.9. The van der Waals surface area contributed by atoms with E-state index in [1.54, 1.807) is 12.1 Å². The molecule has 5 nitrogen and oxygen atoms in total. The molecule has 2 N–H and O–H groups in total. The molecule has 17 heavy (non-hydrogen) atoms. The lowest BCUT2D eigenvalue weighted by molar-refractivity contribution is 0.577. The Bertz CT molecular complexity index is 446. The first-order valence-electron chi connectivity index (χ1n) is 5.80. The van der Waals surface area contributed by atoms with Gasteiger partial charge in [-0.3, -0.25) is 0 Å². The molecule has 1 aromatic rings. The lowest BCUT2D eigenvalue weighted by atomic mass is 10.4. The van der Waals surface area contributed by atoms with E-state index in [2.05, 4.69) is 15.0 Å². The Balaban J connectivity index is 2.95. The van der Waals surface area contributed by atoms with Crippen molar-refractivity contribution in [2.45, 2.75) is 31.7 Å². The minimum absolute atomic E-state index is 0.0712. The van der Waals surface area contributed by atoms with Crippen molar-refractivity contribution < 1.29 is 8.42 Å². The van der Waals surface area contributed by atoms with Gasteiger partial charge in [0.25, 0.3) is 10.0 Å². The Morgan fingerprint density at radius 2 is 1.94 bits per heavy atom. The van der Waals surface area contributed by atoms with Gasteiger partial charge in [-0.2, -0.15) is 0 Å². The highest BCUT2D eigenvalue weighted by Crippen LogP contribution is 2.17. The van der Waals surface area contributed by atoms with Crippen LogP contribution in [-0.4, -0.2) is 26.5 Å². The molecule has 6 heteroatoms. The molecule has 0 saturated heterocycles. The summed E-state index contributed by atoms with van der Waals surface area (Å²) in [7, 11) is -3.51. The highest BCUT2D eigenvalue weighted by atomic mass is 32.2. The molecule has 0 aromatic carbocycles. The number of nitrogens with zero attached hydrogens (tertiary/aromatic N) is 1. The number of sulfonamides is 1. The molecule has 0 aliphatic carbocycles. The quantitative estimate of drug-likeness (QED) is 0.778. The van der Waals surface area contributed by atoms with Crippen molar-refractivity contribution >= 4 is 15.7 Å². The Morgan fingerprint density at radius 3 is 2.59 bits per heavy atom. The molecule has 0 radical (unpaired) electrons. The van der Waals surface area contributed by atoms with Crippen LogP contribution in [0.4, 0.5) is 5.69 Å². The predicted molar refractivity (Wildman–Crippen MR) is 68.5 cm³/mol. The molecule has 0 spiro atoms. The fraction of sp³-hybridized carbons (Fsp3) is 0.545. The first-order chi connectivity index (χ1) is 8.11. The van der Waals surface area contributed by atoms with Crippen molar-refractivity contribution in [1.82, 2.24) is 9.71 Å². The van der Waals surface area contributed by atoms with Gasteiger partial charge in [0, 0.05) is 19.3 Å². The van der Waals surface area contributed by atoms with Crippen molar-refractivity contribution in [3.8, 4) is 0 Å². The average molecular weight is 257 g/mol. The number of nitrogens with one attached hydrogen (secondary N) is 2. The zero-order valence-electron chi connectivity index (χ0n) is 10.2. The SMILES string of the molecule is CCCNc1cccnc1S(=O)(=O)NCCC. The van der Waals surface area contributed by atoms with Crippen LogP contribution in [0.25, 0.3) is 0 Å². The van der Waals surface area contributed by atoms with Crippen LogP contribution in [0.2, 0.25) is 0 Å². The van der Waals surface area contributed by atoms with E-state index in [1.165, 1.54) is 6.20 Å². The van der Waals surface area contributed by atoms with E-state index in [4.69, 9.17) is 0 Å². The van der Waals surface area contributed by atoms with Crippen LogP contribution in [0.1, 0.15) is 26.7 Å². The van der Waals surface area contributed by atoms with E-state index in [9.17, 15) is 8.42 Å².